The first kappa shape index (κ1) is 20.9. The van der Waals surface area contributed by atoms with E-state index >= 15 is 0 Å². The quantitative estimate of drug-likeness (QED) is 0.650. The summed E-state index contributed by atoms with van der Waals surface area (Å²) in [6.45, 7) is 2.44. The van der Waals surface area contributed by atoms with E-state index in [9.17, 15) is 13.5 Å². The molecular weight excluding hydrogens is 402 g/mol. The highest BCUT2D eigenvalue weighted by atomic mass is 32.2. The van der Waals surface area contributed by atoms with Gasteiger partial charge in [0.25, 0.3) is 0 Å². The number of methoxy groups -OCH3 is 1. The highest BCUT2D eigenvalue weighted by molar-refractivity contribution is 7.89. The van der Waals surface area contributed by atoms with E-state index in [0.29, 0.717) is 38.5 Å². The summed E-state index contributed by atoms with van der Waals surface area (Å²) < 4.78 is 34.4. The van der Waals surface area contributed by atoms with Crippen LogP contribution in [0, 0.1) is 0 Å². The van der Waals surface area contributed by atoms with E-state index in [0.717, 1.165) is 16.5 Å². The predicted octanol–water partition coefficient (Wildman–Crippen LogP) is 2.23. The fraction of sp³-hybridized carbons (Fsp3) is 0.364. The molecule has 1 aromatic heterocycles. The zero-order valence-corrected chi connectivity index (χ0v) is 18.0. The smallest absolute Gasteiger partial charge is 0.243 e. The third-order valence-corrected chi connectivity index (χ3v) is 7.66. The molecule has 3 aromatic rings. The van der Waals surface area contributed by atoms with Gasteiger partial charge < -0.3 is 14.4 Å². The van der Waals surface area contributed by atoms with Crippen LogP contribution in [0.5, 0.6) is 5.75 Å². The average Bonchev–Trinajstić information content (AvgIpc) is 3.11. The molecule has 0 saturated carbocycles. The molecule has 30 heavy (non-hydrogen) atoms. The van der Waals surface area contributed by atoms with Gasteiger partial charge in [0.1, 0.15) is 5.75 Å². The molecule has 0 bridgehead atoms. The van der Waals surface area contributed by atoms with Crippen LogP contribution in [0.4, 0.5) is 0 Å². The van der Waals surface area contributed by atoms with Gasteiger partial charge in [-0.2, -0.15) is 4.31 Å². The monoisotopic (exact) mass is 429 g/mol. The van der Waals surface area contributed by atoms with E-state index in [2.05, 4.69) is 4.90 Å². The van der Waals surface area contributed by atoms with Crippen molar-refractivity contribution in [1.82, 2.24) is 13.8 Å². The molecule has 8 heteroatoms. The Hall–Kier alpha value is -2.39. The molecule has 7 nitrogen and oxygen atoms in total. The number of β-amino-alcohol motifs (C(OH)–C–C–N with tert-alkyl or cyclic N) is 1. The number of nitrogens with zero attached hydrogens (tertiary/aromatic N) is 3. The molecule has 160 valence electrons. The van der Waals surface area contributed by atoms with Crippen molar-refractivity contribution in [1.29, 1.82) is 0 Å². The fourth-order valence-electron chi connectivity index (χ4n) is 4.03. The number of para-hydroxylation sites is 1. The summed E-state index contributed by atoms with van der Waals surface area (Å²) in [5.41, 5.74) is 1.99. The highest BCUT2D eigenvalue weighted by Crippen LogP contribution is 2.27. The lowest BCUT2D eigenvalue weighted by molar-refractivity contribution is 0.0929. The van der Waals surface area contributed by atoms with Crippen LogP contribution in [-0.2, 0) is 17.1 Å². The molecule has 1 saturated heterocycles. The maximum atomic E-state index is 12.9. The van der Waals surface area contributed by atoms with Gasteiger partial charge in [-0.05, 0) is 30.3 Å². The number of piperazine rings is 1. The number of benzene rings is 2. The highest BCUT2D eigenvalue weighted by Gasteiger charge is 2.29. The van der Waals surface area contributed by atoms with E-state index in [1.807, 2.05) is 42.1 Å². The van der Waals surface area contributed by atoms with Crippen LogP contribution in [0.15, 0.2) is 59.6 Å². The molecule has 0 radical (unpaired) electrons. The third kappa shape index (κ3) is 3.96. The molecule has 0 unspecified atom stereocenters. The number of aromatic nitrogens is 1. The number of aryl methyl sites for hydroxylation is 1. The number of sulfonamides is 1. The third-order valence-electron chi connectivity index (χ3n) is 5.75. The van der Waals surface area contributed by atoms with Gasteiger partial charge in [-0.3, -0.25) is 4.90 Å². The fourth-order valence-corrected chi connectivity index (χ4v) is 5.45. The molecule has 2 heterocycles. The summed E-state index contributed by atoms with van der Waals surface area (Å²) in [5, 5.41) is 11.9. The van der Waals surface area contributed by atoms with Crippen molar-refractivity contribution < 1.29 is 18.3 Å². The van der Waals surface area contributed by atoms with Gasteiger partial charge in [0.2, 0.25) is 10.0 Å². The van der Waals surface area contributed by atoms with Crippen molar-refractivity contribution in [3.63, 3.8) is 0 Å². The number of aliphatic hydroxyl groups excluding tert-OH is 1. The van der Waals surface area contributed by atoms with Crippen LogP contribution in [0.3, 0.4) is 0 Å². The first-order chi connectivity index (χ1) is 14.4. The molecule has 2 aromatic carbocycles. The van der Waals surface area contributed by atoms with Crippen LogP contribution in [0.1, 0.15) is 11.7 Å². The number of hydrogen-bond donors (Lipinski definition) is 1. The van der Waals surface area contributed by atoms with Gasteiger partial charge in [-0.15, -0.1) is 0 Å². The Labute approximate surface area is 177 Å². The van der Waals surface area contributed by atoms with Gasteiger partial charge in [0.05, 0.1) is 18.1 Å². The number of hydrogen-bond acceptors (Lipinski definition) is 5. The zero-order valence-electron chi connectivity index (χ0n) is 17.2. The first-order valence-electron chi connectivity index (χ1n) is 9.99. The number of ether oxygens (including phenoxy) is 1. The minimum Gasteiger partial charge on any atom is -0.497 e. The van der Waals surface area contributed by atoms with Gasteiger partial charge in [-0.1, -0.05) is 18.2 Å². The maximum absolute atomic E-state index is 12.9. The van der Waals surface area contributed by atoms with Gasteiger partial charge in [-0.25, -0.2) is 8.42 Å². The minimum absolute atomic E-state index is 0.271. The summed E-state index contributed by atoms with van der Waals surface area (Å²) in [6, 6.07) is 14.5. The van der Waals surface area contributed by atoms with Crippen LogP contribution in [0.2, 0.25) is 0 Å². The second-order valence-corrected chi connectivity index (χ2v) is 9.55. The molecule has 0 aliphatic carbocycles. The molecular formula is C22H27N3O4S. The number of rotatable bonds is 6. The van der Waals surface area contributed by atoms with Crippen molar-refractivity contribution in [2.75, 3.05) is 39.8 Å². The summed E-state index contributed by atoms with van der Waals surface area (Å²) in [6.07, 6.45) is 1.35. The lowest BCUT2D eigenvalue weighted by atomic mass is 10.1. The Morgan fingerprint density at radius 2 is 1.70 bits per heavy atom. The Morgan fingerprint density at radius 1 is 1.03 bits per heavy atom. The first-order valence-corrected chi connectivity index (χ1v) is 11.4. The second kappa shape index (κ2) is 8.39. The summed E-state index contributed by atoms with van der Waals surface area (Å²) >= 11 is 0. The van der Waals surface area contributed by atoms with E-state index < -0.39 is 16.1 Å². The van der Waals surface area contributed by atoms with Gasteiger partial charge in [0, 0.05) is 62.4 Å². The SMILES string of the molecule is COc1ccc(S(=O)(=O)N2CCN(C[C@@H](O)c3cn(C)c4ccccc34)CC2)cc1. The summed E-state index contributed by atoms with van der Waals surface area (Å²) in [7, 11) is -0.00672. The van der Waals surface area contributed by atoms with Crippen LogP contribution >= 0.6 is 0 Å². The lowest BCUT2D eigenvalue weighted by Crippen LogP contribution is -2.49. The van der Waals surface area contributed by atoms with E-state index in [1.165, 1.54) is 4.31 Å². The number of aliphatic hydroxyl groups is 1. The van der Waals surface area contributed by atoms with Crippen molar-refractivity contribution in [3.8, 4) is 5.75 Å². The lowest BCUT2D eigenvalue weighted by Gasteiger charge is -2.34. The predicted molar refractivity (Wildman–Crippen MR) is 116 cm³/mol. The molecule has 1 N–H and O–H groups in total. The molecule has 1 fully saturated rings. The Morgan fingerprint density at radius 3 is 2.37 bits per heavy atom. The summed E-state index contributed by atoms with van der Waals surface area (Å²) in [4.78, 5) is 2.39. The standard InChI is InChI=1S/C22H27N3O4S/c1-23-15-20(19-5-3-4-6-21(19)23)22(26)16-24-11-13-25(14-12-24)30(27,28)18-9-7-17(29-2)8-10-18/h3-10,15,22,26H,11-14,16H2,1-2H3/t22-/m1/s1. The Bertz CT molecular complexity index is 1120. The van der Waals surface area contributed by atoms with Crippen molar-refractivity contribution in [3.05, 3.63) is 60.3 Å². The van der Waals surface area contributed by atoms with Crippen molar-refractivity contribution in [2.45, 2.75) is 11.0 Å². The molecule has 4 rings (SSSR count). The van der Waals surface area contributed by atoms with E-state index in [4.69, 9.17) is 4.74 Å². The van der Waals surface area contributed by atoms with Crippen LogP contribution in [0.25, 0.3) is 10.9 Å². The Kier molecular flexibility index (Phi) is 5.84. The topological polar surface area (TPSA) is 75.0 Å². The largest absolute Gasteiger partial charge is 0.497 e. The van der Waals surface area contributed by atoms with Gasteiger partial charge >= 0.3 is 0 Å². The van der Waals surface area contributed by atoms with E-state index in [-0.39, 0.29) is 4.90 Å². The maximum Gasteiger partial charge on any atom is 0.243 e. The molecule has 0 spiro atoms. The van der Waals surface area contributed by atoms with Crippen molar-refractivity contribution >= 4 is 20.9 Å². The second-order valence-electron chi connectivity index (χ2n) is 7.61. The number of fused-ring (bicyclic) bond motifs is 1. The van der Waals surface area contributed by atoms with Crippen molar-refractivity contribution in [2.24, 2.45) is 7.05 Å². The van der Waals surface area contributed by atoms with Gasteiger partial charge in [0.15, 0.2) is 0 Å². The normalized spacial score (nSPS) is 17.3. The minimum atomic E-state index is -3.53. The Balaban J connectivity index is 1.40. The van der Waals surface area contributed by atoms with E-state index in [1.54, 1.807) is 31.4 Å². The van der Waals surface area contributed by atoms with Crippen LogP contribution in [-0.4, -0.2) is 67.1 Å². The molecule has 1 aliphatic rings. The molecule has 1 atom stereocenters. The molecule has 1 aliphatic heterocycles. The average molecular weight is 430 g/mol. The molecule has 0 amide bonds. The zero-order chi connectivity index (χ0) is 21.3. The van der Waals surface area contributed by atoms with Crippen LogP contribution < -0.4 is 4.74 Å². The summed E-state index contributed by atoms with van der Waals surface area (Å²) in [5.74, 6) is 0.626.